The maximum atomic E-state index is 11.5. The second-order valence-corrected chi connectivity index (χ2v) is 3.71. The molecule has 4 heteroatoms. The molecule has 0 spiro atoms. The first-order chi connectivity index (χ1) is 8.24. The van der Waals surface area contributed by atoms with Gasteiger partial charge in [0.1, 0.15) is 0 Å². The Morgan fingerprint density at radius 2 is 2.47 bits per heavy atom. The van der Waals surface area contributed by atoms with Crippen LogP contribution in [0.3, 0.4) is 0 Å². The van der Waals surface area contributed by atoms with Crippen molar-refractivity contribution in [2.75, 3.05) is 13.1 Å². The lowest BCUT2D eigenvalue weighted by atomic mass is 10.2. The van der Waals surface area contributed by atoms with Gasteiger partial charge in [-0.15, -0.1) is 6.42 Å². The second kappa shape index (κ2) is 7.42. The smallest absolute Gasteiger partial charge is 0.237 e. The minimum absolute atomic E-state index is 0.0749. The quantitative estimate of drug-likeness (QED) is 0.695. The Kier molecular flexibility index (Phi) is 5.76. The minimum Gasteiger partial charge on any atom is -0.344 e. The molecule has 0 radical (unpaired) electrons. The van der Waals surface area contributed by atoms with Crippen molar-refractivity contribution in [3.8, 4) is 12.3 Å². The van der Waals surface area contributed by atoms with Crippen molar-refractivity contribution >= 4 is 5.91 Å². The van der Waals surface area contributed by atoms with E-state index in [0.29, 0.717) is 0 Å². The molecule has 0 bridgehead atoms. The maximum absolute atomic E-state index is 11.5. The van der Waals surface area contributed by atoms with Crippen molar-refractivity contribution in [1.29, 1.82) is 0 Å². The van der Waals surface area contributed by atoms with Crippen LogP contribution >= 0.6 is 0 Å². The monoisotopic (exact) mass is 231 g/mol. The van der Waals surface area contributed by atoms with Gasteiger partial charge in [-0.1, -0.05) is 12.0 Å². The van der Waals surface area contributed by atoms with Crippen molar-refractivity contribution in [2.45, 2.75) is 19.4 Å². The summed E-state index contributed by atoms with van der Waals surface area (Å²) in [5.41, 5.74) is 1.15. The molecule has 1 aromatic rings. The van der Waals surface area contributed by atoms with E-state index in [1.165, 1.54) is 0 Å². The number of nitrogens with zero attached hydrogens (tertiary/aromatic N) is 1. The molecule has 1 aromatic heterocycles. The van der Waals surface area contributed by atoms with Crippen molar-refractivity contribution in [1.82, 2.24) is 15.6 Å². The van der Waals surface area contributed by atoms with Crippen LogP contribution in [0.15, 0.2) is 24.5 Å². The van der Waals surface area contributed by atoms with E-state index in [-0.39, 0.29) is 18.5 Å². The zero-order valence-corrected chi connectivity index (χ0v) is 9.94. The lowest BCUT2D eigenvalue weighted by Gasteiger charge is -2.12. The number of aromatic nitrogens is 1. The summed E-state index contributed by atoms with van der Waals surface area (Å²) in [4.78, 5) is 15.5. The molecule has 0 saturated heterocycles. The van der Waals surface area contributed by atoms with Crippen molar-refractivity contribution in [3.63, 3.8) is 0 Å². The normalized spacial score (nSPS) is 11.5. The second-order valence-electron chi connectivity index (χ2n) is 3.71. The Morgan fingerprint density at radius 3 is 3.12 bits per heavy atom. The van der Waals surface area contributed by atoms with Crippen LogP contribution in [0.4, 0.5) is 0 Å². The zero-order chi connectivity index (χ0) is 12.5. The van der Waals surface area contributed by atoms with E-state index in [0.717, 1.165) is 18.5 Å². The van der Waals surface area contributed by atoms with Crippen molar-refractivity contribution in [3.05, 3.63) is 30.1 Å². The first kappa shape index (κ1) is 13.2. The summed E-state index contributed by atoms with van der Waals surface area (Å²) in [5.74, 6) is 2.29. The van der Waals surface area contributed by atoms with Crippen LogP contribution < -0.4 is 10.6 Å². The van der Waals surface area contributed by atoms with Gasteiger partial charge in [0.15, 0.2) is 0 Å². The molecule has 1 atom stereocenters. The molecule has 17 heavy (non-hydrogen) atoms. The van der Waals surface area contributed by atoms with E-state index in [4.69, 9.17) is 6.42 Å². The zero-order valence-electron chi connectivity index (χ0n) is 9.94. The van der Waals surface area contributed by atoms with Gasteiger partial charge in [-0.25, -0.2) is 0 Å². The number of carbonyl (C=O) groups excluding carboxylic acids is 1. The average molecular weight is 231 g/mol. The maximum Gasteiger partial charge on any atom is 0.237 e. The summed E-state index contributed by atoms with van der Waals surface area (Å²) in [5, 5.41) is 5.76. The van der Waals surface area contributed by atoms with Gasteiger partial charge in [0.05, 0.1) is 12.6 Å². The third-order valence-electron chi connectivity index (χ3n) is 2.34. The Morgan fingerprint density at radius 1 is 1.65 bits per heavy atom. The van der Waals surface area contributed by atoms with E-state index < -0.39 is 0 Å². The first-order valence-electron chi connectivity index (χ1n) is 5.57. The molecule has 1 unspecified atom stereocenters. The summed E-state index contributed by atoms with van der Waals surface area (Å²) in [7, 11) is 0. The van der Waals surface area contributed by atoms with Gasteiger partial charge in [0, 0.05) is 12.4 Å². The number of carbonyl (C=O) groups is 1. The number of nitrogens with one attached hydrogen (secondary N) is 2. The highest BCUT2D eigenvalue weighted by Crippen LogP contribution is 1.95. The number of terminal acetylenes is 1. The SMILES string of the molecule is C#CCNC(=O)C(C)NCCc1cccnc1. The van der Waals surface area contributed by atoms with Crippen LogP contribution in [-0.2, 0) is 11.2 Å². The molecule has 0 saturated carbocycles. The van der Waals surface area contributed by atoms with Crippen LogP contribution in [0.25, 0.3) is 0 Å². The average Bonchev–Trinajstić information content (AvgIpc) is 2.37. The molecule has 0 fully saturated rings. The molecule has 1 rings (SSSR count). The van der Waals surface area contributed by atoms with Crippen LogP contribution in [0.1, 0.15) is 12.5 Å². The molecule has 4 nitrogen and oxygen atoms in total. The third kappa shape index (κ3) is 5.14. The van der Waals surface area contributed by atoms with Gasteiger partial charge < -0.3 is 10.6 Å². The fraction of sp³-hybridized carbons (Fsp3) is 0.385. The molecule has 0 aliphatic rings. The van der Waals surface area contributed by atoms with Crippen molar-refractivity contribution < 1.29 is 4.79 Å². The molecule has 90 valence electrons. The van der Waals surface area contributed by atoms with Crippen LogP contribution in [0, 0.1) is 12.3 Å². The van der Waals surface area contributed by atoms with Gasteiger partial charge in [0.25, 0.3) is 0 Å². The highest BCUT2D eigenvalue weighted by Gasteiger charge is 2.10. The number of hydrogen-bond acceptors (Lipinski definition) is 3. The molecule has 0 aliphatic carbocycles. The lowest BCUT2D eigenvalue weighted by molar-refractivity contribution is -0.122. The van der Waals surface area contributed by atoms with Gasteiger partial charge in [-0.05, 0) is 31.5 Å². The molecule has 0 aromatic carbocycles. The Balaban J connectivity index is 2.22. The van der Waals surface area contributed by atoms with E-state index in [1.807, 2.05) is 25.3 Å². The number of rotatable bonds is 6. The predicted molar refractivity (Wildman–Crippen MR) is 67.2 cm³/mol. The standard InChI is InChI=1S/C13H17N3O/c1-3-7-16-13(17)11(2)15-9-6-12-5-4-8-14-10-12/h1,4-5,8,10-11,15H,6-7,9H2,2H3,(H,16,17). The van der Waals surface area contributed by atoms with E-state index in [9.17, 15) is 4.79 Å². The summed E-state index contributed by atoms with van der Waals surface area (Å²) in [6, 6.07) is 3.68. The van der Waals surface area contributed by atoms with Gasteiger partial charge in [-0.2, -0.15) is 0 Å². The molecular formula is C13H17N3O. The summed E-state index contributed by atoms with van der Waals surface area (Å²) in [6.45, 7) is 2.82. The predicted octanol–water partition coefficient (Wildman–Crippen LogP) is 0.352. The number of hydrogen-bond donors (Lipinski definition) is 2. The van der Waals surface area contributed by atoms with Gasteiger partial charge >= 0.3 is 0 Å². The van der Waals surface area contributed by atoms with Gasteiger partial charge in [0.2, 0.25) is 5.91 Å². The number of pyridine rings is 1. The molecule has 1 amide bonds. The fourth-order valence-corrected chi connectivity index (χ4v) is 1.36. The van der Waals surface area contributed by atoms with Crippen LogP contribution in [-0.4, -0.2) is 30.0 Å². The number of amides is 1. The Labute approximate surface area is 102 Å². The molecular weight excluding hydrogens is 214 g/mol. The van der Waals surface area contributed by atoms with Crippen LogP contribution in [0.5, 0.6) is 0 Å². The lowest BCUT2D eigenvalue weighted by Crippen LogP contribution is -2.42. The largest absolute Gasteiger partial charge is 0.344 e. The molecule has 2 N–H and O–H groups in total. The fourth-order valence-electron chi connectivity index (χ4n) is 1.36. The Bertz CT molecular complexity index is 383. The van der Waals surface area contributed by atoms with Gasteiger partial charge in [-0.3, -0.25) is 9.78 Å². The van der Waals surface area contributed by atoms with Crippen LogP contribution in [0.2, 0.25) is 0 Å². The van der Waals surface area contributed by atoms with E-state index in [1.54, 1.807) is 6.20 Å². The Hall–Kier alpha value is -1.86. The molecule has 1 heterocycles. The summed E-state index contributed by atoms with van der Waals surface area (Å²) >= 11 is 0. The highest BCUT2D eigenvalue weighted by molar-refractivity contribution is 5.81. The highest BCUT2D eigenvalue weighted by atomic mass is 16.2. The first-order valence-corrected chi connectivity index (χ1v) is 5.57. The minimum atomic E-state index is -0.236. The van der Waals surface area contributed by atoms with Crippen molar-refractivity contribution in [2.24, 2.45) is 0 Å². The summed E-state index contributed by atoms with van der Waals surface area (Å²) in [6.07, 6.45) is 9.48. The third-order valence-corrected chi connectivity index (χ3v) is 2.34. The summed E-state index contributed by atoms with van der Waals surface area (Å²) < 4.78 is 0. The van der Waals surface area contributed by atoms with E-state index in [2.05, 4.69) is 21.5 Å². The van der Waals surface area contributed by atoms with E-state index >= 15 is 0 Å². The topological polar surface area (TPSA) is 54.0 Å². The molecule has 0 aliphatic heterocycles.